The number of aromatic amines is 1. The van der Waals surface area contributed by atoms with Crippen molar-refractivity contribution in [1.29, 1.82) is 0 Å². The van der Waals surface area contributed by atoms with Crippen LogP contribution in [0.3, 0.4) is 0 Å². The molecule has 1 saturated carbocycles. The van der Waals surface area contributed by atoms with Crippen molar-refractivity contribution in [3.05, 3.63) is 5.82 Å². The fourth-order valence-corrected chi connectivity index (χ4v) is 1.85. The Morgan fingerprint density at radius 1 is 1.53 bits per heavy atom. The summed E-state index contributed by atoms with van der Waals surface area (Å²) in [4.78, 5) is 23.2. The third-order valence-corrected chi connectivity index (χ3v) is 3.22. The van der Waals surface area contributed by atoms with Gasteiger partial charge in [0.05, 0.1) is 6.04 Å². The van der Waals surface area contributed by atoms with Gasteiger partial charge < -0.3 is 10.6 Å². The lowest BCUT2D eigenvalue weighted by atomic mass is 10.3. The smallest absolute Gasteiger partial charge is 0.223 e. The highest BCUT2D eigenvalue weighted by Gasteiger charge is 2.38. The molecule has 0 saturated heterocycles. The topological polar surface area (TPSA) is 113 Å². The normalized spacial score (nSPS) is 22.6. The van der Waals surface area contributed by atoms with Crippen LogP contribution >= 0.6 is 0 Å². The molecular formula is C11H18N6O2. The minimum atomic E-state index is -0.301. The Hall–Kier alpha value is -1.99. The van der Waals surface area contributed by atoms with E-state index in [4.69, 9.17) is 0 Å². The molecule has 1 aromatic heterocycles. The molecule has 3 atom stereocenters. The number of nitrogens with zero attached hydrogens (tertiary/aromatic N) is 3. The molecule has 0 aromatic carbocycles. The molecule has 0 spiro atoms. The Bertz CT molecular complexity index is 446. The summed E-state index contributed by atoms with van der Waals surface area (Å²) in [5, 5.41) is 18.8. The molecule has 0 radical (unpaired) electrons. The molecule has 1 aromatic rings. The minimum Gasteiger partial charge on any atom is -0.355 e. The lowest BCUT2D eigenvalue weighted by molar-refractivity contribution is -0.123. The van der Waals surface area contributed by atoms with E-state index in [1.807, 2.05) is 6.92 Å². The van der Waals surface area contributed by atoms with Gasteiger partial charge in [0.15, 0.2) is 5.82 Å². The number of nitrogens with one attached hydrogen (secondary N) is 3. The first-order chi connectivity index (χ1) is 9.08. The Morgan fingerprint density at radius 2 is 2.26 bits per heavy atom. The van der Waals surface area contributed by atoms with Crippen LogP contribution in [-0.2, 0) is 9.59 Å². The van der Waals surface area contributed by atoms with Crippen molar-refractivity contribution in [2.45, 2.75) is 32.7 Å². The molecule has 2 amide bonds. The molecule has 0 aliphatic heterocycles. The van der Waals surface area contributed by atoms with Crippen molar-refractivity contribution in [2.24, 2.45) is 11.8 Å². The van der Waals surface area contributed by atoms with E-state index in [2.05, 4.69) is 31.3 Å². The summed E-state index contributed by atoms with van der Waals surface area (Å²) >= 11 is 0. The van der Waals surface area contributed by atoms with E-state index in [0.29, 0.717) is 18.3 Å². The van der Waals surface area contributed by atoms with Crippen LogP contribution in [0.5, 0.6) is 0 Å². The first kappa shape index (κ1) is 13.4. The third-order valence-electron chi connectivity index (χ3n) is 3.22. The van der Waals surface area contributed by atoms with Crippen LogP contribution in [-0.4, -0.2) is 39.0 Å². The van der Waals surface area contributed by atoms with E-state index in [1.165, 1.54) is 0 Å². The number of rotatable bonds is 6. The number of hydrogen-bond donors (Lipinski definition) is 3. The van der Waals surface area contributed by atoms with Crippen LogP contribution in [0.15, 0.2) is 0 Å². The van der Waals surface area contributed by atoms with Gasteiger partial charge in [0.25, 0.3) is 0 Å². The molecule has 19 heavy (non-hydrogen) atoms. The first-order valence-corrected chi connectivity index (χ1v) is 6.38. The van der Waals surface area contributed by atoms with Crippen LogP contribution in [0.1, 0.15) is 38.6 Å². The van der Waals surface area contributed by atoms with Crippen molar-refractivity contribution in [3.63, 3.8) is 0 Å². The zero-order chi connectivity index (χ0) is 13.8. The van der Waals surface area contributed by atoms with Crippen LogP contribution in [0, 0.1) is 11.8 Å². The van der Waals surface area contributed by atoms with Gasteiger partial charge in [0, 0.05) is 18.9 Å². The van der Waals surface area contributed by atoms with Crippen molar-refractivity contribution >= 4 is 11.8 Å². The predicted molar refractivity (Wildman–Crippen MR) is 65.6 cm³/mol. The molecule has 2 rings (SSSR count). The second-order valence-electron chi connectivity index (χ2n) is 4.92. The Morgan fingerprint density at radius 3 is 2.84 bits per heavy atom. The number of H-pyrrole nitrogens is 1. The lowest BCUT2D eigenvalue weighted by Crippen LogP contribution is -2.33. The molecule has 1 fully saturated rings. The first-order valence-electron chi connectivity index (χ1n) is 6.38. The number of carbonyl (C=O) groups excluding carboxylic acids is 2. The monoisotopic (exact) mass is 266 g/mol. The highest BCUT2D eigenvalue weighted by Crippen LogP contribution is 2.37. The highest BCUT2D eigenvalue weighted by molar-refractivity contribution is 5.82. The largest absolute Gasteiger partial charge is 0.355 e. The molecule has 8 heteroatoms. The Labute approximate surface area is 110 Å². The van der Waals surface area contributed by atoms with Crippen LogP contribution in [0.2, 0.25) is 0 Å². The van der Waals surface area contributed by atoms with E-state index < -0.39 is 0 Å². The average molecular weight is 266 g/mol. The molecule has 0 bridgehead atoms. The van der Waals surface area contributed by atoms with Gasteiger partial charge in [0.1, 0.15) is 0 Å². The van der Waals surface area contributed by atoms with Gasteiger partial charge in [0.2, 0.25) is 11.8 Å². The van der Waals surface area contributed by atoms with E-state index in [0.717, 1.165) is 6.42 Å². The summed E-state index contributed by atoms with van der Waals surface area (Å²) in [7, 11) is 0. The van der Waals surface area contributed by atoms with Gasteiger partial charge in [-0.05, 0) is 19.3 Å². The van der Waals surface area contributed by atoms with Gasteiger partial charge >= 0.3 is 0 Å². The summed E-state index contributed by atoms with van der Waals surface area (Å²) in [6.45, 7) is 4.17. The van der Waals surface area contributed by atoms with Crippen LogP contribution < -0.4 is 10.6 Å². The molecule has 104 valence electrons. The van der Waals surface area contributed by atoms with Gasteiger partial charge in [-0.2, -0.15) is 5.21 Å². The second-order valence-corrected chi connectivity index (χ2v) is 4.92. The SMILES string of the molecule is CC(NC(=O)CCNC(=O)C1CC1C)c1nn[nH]n1. The summed E-state index contributed by atoms with van der Waals surface area (Å²) in [5.74, 6) is 0.950. The summed E-state index contributed by atoms with van der Waals surface area (Å²) in [6.07, 6.45) is 1.20. The Kier molecular flexibility index (Phi) is 4.08. The van der Waals surface area contributed by atoms with Crippen LogP contribution in [0.4, 0.5) is 0 Å². The van der Waals surface area contributed by atoms with Gasteiger partial charge in [-0.3, -0.25) is 9.59 Å². The minimum absolute atomic E-state index is 0.0477. The zero-order valence-electron chi connectivity index (χ0n) is 11.0. The number of tetrazole rings is 1. The predicted octanol–water partition coefficient (Wildman–Crippen LogP) is -0.461. The quantitative estimate of drug-likeness (QED) is 0.645. The number of carbonyl (C=O) groups is 2. The summed E-state index contributed by atoms with van der Waals surface area (Å²) < 4.78 is 0. The molecule has 1 heterocycles. The number of amides is 2. The summed E-state index contributed by atoms with van der Waals surface area (Å²) in [5.41, 5.74) is 0. The van der Waals surface area contributed by atoms with E-state index in [9.17, 15) is 9.59 Å². The second kappa shape index (κ2) is 5.77. The summed E-state index contributed by atoms with van der Waals surface area (Å²) in [6, 6.07) is -0.301. The van der Waals surface area contributed by atoms with E-state index in [1.54, 1.807) is 6.92 Å². The molecule has 8 nitrogen and oxygen atoms in total. The molecule has 1 aliphatic carbocycles. The molecular weight excluding hydrogens is 248 g/mol. The Balaban J connectivity index is 1.63. The molecule has 3 N–H and O–H groups in total. The lowest BCUT2D eigenvalue weighted by Gasteiger charge is -2.10. The van der Waals surface area contributed by atoms with Crippen molar-refractivity contribution in [1.82, 2.24) is 31.3 Å². The fraction of sp³-hybridized carbons (Fsp3) is 0.727. The molecule has 1 aliphatic rings. The van der Waals surface area contributed by atoms with E-state index in [-0.39, 0.29) is 30.2 Å². The zero-order valence-corrected chi connectivity index (χ0v) is 11.0. The fourth-order valence-electron chi connectivity index (χ4n) is 1.85. The maximum Gasteiger partial charge on any atom is 0.223 e. The average Bonchev–Trinajstić information content (AvgIpc) is 2.89. The van der Waals surface area contributed by atoms with Gasteiger partial charge in [-0.15, -0.1) is 10.2 Å². The van der Waals surface area contributed by atoms with Crippen LogP contribution in [0.25, 0.3) is 0 Å². The van der Waals surface area contributed by atoms with E-state index >= 15 is 0 Å². The maximum atomic E-state index is 11.6. The van der Waals surface area contributed by atoms with Gasteiger partial charge in [-0.1, -0.05) is 12.1 Å². The standard InChI is InChI=1S/C11H18N6O2/c1-6-5-8(6)11(19)12-4-3-9(18)13-7(2)10-14-16-17-15-10/h6-8H,3-5H2,1-2H3,(H,12,19)(H,13,18)(H,14,15,16,17). The molecule has 3 unspecified atom stereocenters. The number of hydrogen-bond acceptors (Lipinski definition) is 5. The number of aromatic nitrogens is 4. The maximum absolute atomic E-state index is 11.6. The third kappa shape index (κ3) is 3.73. The highest BCUT2D eigenvalue weighted by atomic mass is 16.2. The van der Waals surface area contributed by atoms with Crippen molar-refractivity contribution in [3.8, 4) is 0 Å². The van der Waals surface area contributed by atoms with Crippen molar-refractivity contribution < 1.29 is 9.59 Å². The van der Waals surface area contributed by atoms with Gasteiger partial charge in [-0.25, -0.2) is 0 Å². The van der Waals surface area contributed by atoms with Crippen molar-refractivity contribution in [2.75, 3.05) is 6.54 Å².